The van der Waals surface area contributed by atoms with Crippen molar-refractivity contribution in [3.05, 3.63) is 77.2 Å². The molecule has 2 fully saturated rings. The van der Waals surface area contributed by atoms with Gasteiger partial charge in [-0.3, -0.25) is 19.3 Å². The Morgan fingerprint density at radius 2 is 1.93 bits per heavy atom. The molecule has 1 aliphatic carbocycles. The van der Waals surface area contributed by atoms with Gasteiger partial charge >= 0.3 is 0 Å². The van der Waals surface area contributed by atoms with Gasteiger partial charge in [0.2, 0.25) is 11.8 Å². The van der Waals surface area contributed by atoms with Crippen LogP contribution in [0.25, 0.3) is 16.5 Å². The molecule has 0 unspecified atom stereocenters. The minimum Gasteiger partial charge on any atom is -0.508 e. The summed E-state index contributed by atoms with van der Waals surface area (Å²) < 4.78 is 28.0. The van der Waals surface area contributed by atoms with Gasteiger partial charge in [0.15, 0.2) is 0 Å². The Bertz CT molecular complexity index is 1640. The van der Waals surface area contributed by atoms with Gasteiger partial charge in [-0.2, -0.15) is 0 Å². The number of likely N-dealkylation sites (tertiary alicyclic amines) is 1. The van der Waals surface area contributed by atoms with Crippen LogP contribution in [0.4, 0.5) is 8.78 Å². The van der Waals surface area contributed by atoms with Gasteiger partial charge in [0.25, 0.3) is 5.91 Å². The first kappa shape index (κ1) is 29.7. The Morgan fingerprint density at radius 3 is 2.73 bits per heavy atom. The van der Waals surface area contributed by atoms with Gasteiger partial charge in [-0.05, 0) is 73.7 Å². The van der Waals surface area contributed by atoms with Crippen molar-refractivity contribution in [2.24, 2.45) is 0 Å². The number of amides is 3. The lowest BCUT2D eigenvalue weighted by Crippen LogP contribution is -2.49. The third-order valence-electron chi connectivity index (χ3n) is 8.62. The summed E-state index contributed by atoms with van der Waals surface area (Å²) in [5, 5.41) is 16.5. The quantitative estimate of drug-likeness (QED) is 0.360. The van der Waals surface area contributed by atoms with E-state index in [0.717, 1.165) is 30.0 Å². The molecule has 3 amide bonds. The lowest BCUT2D eigenvalue weighted by Gasteiger charge is -2.28. The zero-order valence-corrected chi connectivity index (χ0v) is 24.4. The largest absolute Gasteiger partial charge is 0.508 e. The number of fused-ring (bicyclic) bond motifs is 1. The number of aromatic hydroxyl groups is 1. The molecule has 44 heavy (non-hydrogen) atoms. The second kappa shape index (κ2) is 12.3. The number of rotatable bonds is 8. The molecule has 6 rings (SSSR count). The number of carbonyl (C=O) groups is 3. The highest BCUT2D eigenvalue weighted by molar-refractivity contribution is 5.97. The van der Waals surface area contributed by atoms with Crippen LogP contribution in [0.1, 0.15) is 60.3 Å². The normalized spacial score (nSPS) is 21.2. The Kier molecular flexibility index (Phi) is 8.31. The smallest absolute Gasteiger partial charge is 0.270 e. The molecule has 1 aromatic heterocycles. The van der Waals surface area contributed by atoms with Crippen LogP contribution >= 0.6 is 0 Å². The molecule has 0 spiro atoms. The summed E-state index contributed by atoms with van der Waals surface area (Å²) in [7, 11) is 0. The number of phenols is 1. The molecule has 0 radical (unpaired) electrons. The Morgan fingerprint density at radius 1 is 1.11 bits per heavy atom. The van der Waals surface area contributed by atoms with E-state index in [1.54, 1.807) is 19.1 Å². The Balaban J connectivity index is 1.08. The number of hydrogen-bond donors (Lipinski definition) is 3. The number of alkyl halides is 1. The predicted molar refractivity (Wildman–Crippen MR) is 161 cm³/mol. The van der Waals surface area contributed by atoms with E-state index in [0.29, 0.717) is 22.5 Å². The lowest BCUT2D eigenvalue weighted by atomic mass is 9.96. The molecule has 2 aromatic carbocycles. The standard InChI is InChI=1S/C33H35F2N5O4/c1-19(26-14-20(5-11-30(26)41)22-3-2-12-39(17-22)25-7-8-25)37-33(44)29-15-24(35)18-40(29)31(42)16-36-32(43)28-9-4-21-13-23(34)6-10-27(21)38-28/h3-6,9-11,13-14,19,24-25,29,41H,2,7-8,12,15-18H2,1H3,(H,36,43)(H,37,44)/t19-,24+,29-/m0/s1. The molecule has 0 bridgehead atoms. The summed E-state index contributed by atoms with van der Waals surface area (Å²) in [6.45, 7) is 2.91. The molecule has 3 N–H and O–H groups in total. The summed E-state index contributed by atoms with van der Waals surface area (Å²) in [4.78, 5) is 46.9. The maximum absolute atomic E-state index is 14.5. The van der Waals surface area contributed by atoms with Crippen molar-refractivity contribution in [3.8, 4) is 5.75 Å². The minimum absolute atomic E-state index is 0.0369. The molecular formula is C33H35F2N5O4. The van der Waals surface area contributed by atoms with Crippen molar-refractivity contribution in [2.75, 3.05) is 26.2 Å². The number of phenolic OH excluding ortho intramolecular Hbond substituents is 1. The van der Waals surface area contributed by atoms with Gasteiger partial charge in [0.05, 0.1) is 24.6 Å². The predicted octanol–water partition coefficient (Wildman–Crippen LogP) is 3.88. The topological polar surface area (TPSA) is 115 Å². The van der Waals surface area contributed by atoms with Crippen molar-refractivity contribution in [1.29, 1.82) is 0 Å². The fraction of sp³-hybridized carbons (Fsp3) is 0.394. The van der Waals surface area contributed by atoms with Gasteiger partial charge in [0, 0.05) is 36.5 Å². The average molecular weight is 604 g/mol. The van der Waals surface area contributed by atoms with Crippen LogP contribution in [0.15, 0.2) is 54.6 Å². The van der Waals surface area contributed by atoms with Gasteiger partial charge in [-0.25, -0.2) is 13.8 Å². The fourth-order valence-corrected chi connectivity index (χ4v) is 6.10. The maximum atomic E-state index is 14.5. The summed E-state index contributed by atoms with van der Waals surface area (Å²) in [6.07, 6.45) is 4.08. The fourth-order valence-electron chi connectivity index (χ4n) is 6.10. The van der Waals surface area contributed by atoms with Crippen molar-refractivity contribution in [3.63, 3.8) is 0 Å². The molecule has 230 valence electrons. The highest BCUT2D eigenvalue weighted by Crippen LogP contribution is 2.34. The first-order valence-corrected chi connectivity index (χ1v) is 15.0. The molecule has 1 saturated carbocycles. The molecule has 3 heterocycles. The van der Waals surface area contributed by atoms with Crippen LogP contribution in [0.2, 0.25) is 0 Å². The van der Waals surface area contributed by atoms with E-state index in [1.165, 1.54) is 42.7 Å². The molecule has 3 aliphatic rings. The SMILES string of the molecule is C[C@H](NC(=O)[C@@H]1C[C@@H](F)CN1C(=O)CNC(=O)c1ccc2cc(F)ccc2n1)c1cc(C2=CCCN(C3CC3)C2)ccc1O. The van der Waals surface area contributed by atoms with Crippen molar-refractivity contribution in [2.45, 2.75) is 56.9 Å². The minimum atomic E-state index is -1.40. The zero-order chi connectivity index (χ0) is 31.0. The average Bonchev–Trinajstić information content (AvgIpc) is 3.80. The van der Waals surface area contributed by atoms with Crippen LogP contribution in [0.5, 0.6) is 5.75 Å². The van der Waals surface area contributed by atoms with E-state index in [9.17, 15) is 28.3 Å². The third-order valence-corrected chi connectivity index (χ3v) is 8.62. The summed E-state index contributed by atoms with van der Waals surface area (Å²) in [6, 6.07) is 11.3. The molecule has 2 aliphatic heterocycles. The monoisotopic (exact) mass is 603 g/mol. The highest BCUT2D eigenvalue weighted by Gasteiger charge is 2.40. The van der Waals surface area contributed by atoms with E-state index in [-0.39, 0.29) is 24.4 Å². The van der Waals surface area contributed by atoms with Crippen LogP contribution < -0.4 is 10.6 Å². The summed E-state index contributed by atoms with van der Waals surface area (Å²) in [5.41, 5.74) is 3.16. The van der Waals surface area contributed by atoms with E-state index in [2.05, 4.69) is 26.6 Å². The molecule has 1 saturated heterocycles. The first-order valence-electron chi connectivity index (χ1n) is 15.0. The van der Waals surface area contributed by atoms with Crippen LogP contribution in [0.3, 0.4) is 0 Å². The van der Waals surface area contributed by atoms with Crippen molar-refractivity contribution >= 4 is 34.2 Å². The van der Waals surface area contributed by atoms with Gasteiger partial charge < -0.3 is 20.6 Å². The van der Waals surface area contributed by atoms with E-state index >= 15 is 0 Å². The Labute approximate surface area is 253 Å². The lowest BCUT2D eigenvalue weighted by molar-refractivity contribution is -0.138. The first-order chi connectivity index (χ1) is 21.2. The number of nitrogens with zero attached hydrogens (tertiary/aromatic N) is 3. The highest BCUT2D eigenvalue weighted by atomic mass is 19.1. The van der Waals surface area contributed by atoms with E-state index in [4.69, 9.17) is 0 Å². The summed E-state index contributed by atoms with van der Waals surface area (Å²) in [5.74, 6) is -2.16. The maximum Gasteiger partial charge on any atom is 0.270 e. The molecule has 11 heteroatoms. The summed E-state index contributed by atoms with van der Waals surface area (Å²) >= 11 is 0. The van der Waals surface area contributed by atoms with Crippen LogP contribution in [0, 0.1) is 5.82 Å². The number of carbonyl (C=O) groups excluding carboxylic acids is 3. The second-order valence-corrected chi connectivity index (χ2v) is 11.8. The second-order valence-electron chi connectivity index (χ2n) is 11.8. The molecule has 3 atom stereocenters. The van der Waals surface area contributed by atoms with Gasteiger partial charge in [-0.1, -0.05) is 18.2 Å². The third kappa shape index (κ3) is 6.42. The number of aromatic nitrogens is 1. The van der Waals surface area contributed by atoms with Gasteiger partial charge in [0.1, 0.15) is 29.5 Å². The number of benzene rings is 2. The molecule has 3 aromatic rings. The van der Waals surface area contributed by atoms with Crippen LogP contribution in [-0.4, -0.2) is 82.0 Å². The Hall–Kier alpha value is -4.38. The van der Waals surface area contributed by atoms with Crippen LogP contribution in [-0.2, 0) is 9.59 Å². The van der Waals surface area contributed by atoms with Crippen molar-refractivity contribution in [1.82, 2.24) is 25.4 Å². The van der Waals surface area contributed by atoms with Crippen molar-refractivity contribution < 1.29 is 28.3 Å². The van der Waals surface area contributed by atoms with E-state index < -0.39 is 48.3 Å². The molecular weight excluding hydrogens is 568 g/mol. The number of nitrogens with one attached hydrogen (secondary N) is 2. The van der Waals surface area contributed by atoms with E-state index in [1.807, 2.05) is 12.1 Å². The number of pyridine rings is 1. The number of halogens is 2. The zero-order valence-electron chi connectivity index (χ0n) is 24.4. The van der Waals surface area contributed by atoms with Gasteiger partial charge in [-0.15, -0.1) is 0 Å². The molecule has 9 nitrogen and oxygen atoms in total. The number of hydrogen-bond acceptors (Lipinski definition) is 6.